The fraction of sp³-hybridized carbons (Fsp3) is 0.625. The second kappa shape index (κ2) is 13.0. The van der Waals surface area contributed by atoms with Gasteiger partial charge in [-0.15, -0.1) is 0 Å². The molecule has 0 aromatic carbocycles. The maximum absolute atomic E-state index is 12.8. The van der Waals surface area contributed by atoms with Gasteiger partial charge in [0.15, 0.2) is 0 Å². The molecule has 1 atom stereocenters. The number of methoxy groups -OCH3 is 2. The highest BCUT2D eigenvalue weighted by atomic mass is 16.5. The predicted octanol–water partition coefficient (Wildman–Crippen LogP) is 2.35. The molecular weight excluding hydrogens is 454 g/mol. The van der Waals surface area contributed by atoms with Crippen LogP contribution in [0.1, 0.15) is 59.3 Å². The number of nitrogens with zero attached hydrogens (tertiary/aromatic N) is 2. The minimum Gasteiger partial charge on any atom is -0.469 e. The summed E-state index contributed by atoms with van der Waals surface area (Å²) in [6, 6.07) is 1.07. The van der Waals surface area contributed by atoms with E-state index in [4.69, 9.17) is 4.74 Å². The minimum absolute atomic E-state index is 0.141. The molecule has 35 heavy (non-hydrogen) atoms. The Morgan fingerprint density at radius 2 is 1.83 bits per heavy atom. The number of nitrogens with one attached hydrogen (secondary N) is 3. The van der Waals surface area contributed by atoms with Crippen LogP contribution < -0.4 is 16.2 Å². The molecule has 0 spiro atoms. The summed E-state index contributed by atoms with van der Waals surface area (Å²) in [4.78, 5) is 55.4. The molecule has 0 saturated carbocycles. The van der Waals surface area contributed by atoms with Crippen LogP contribution in [0.5, 0.6) is 0 Å². The number of anilines is 1. The van der Waals surface area contributed by atoms with Crippen molar-refractivity contribution in [3.8, 4) is 0 Å². The van der Waals surface area contributed by atoms with Crippen molar-refractivity contribution in [3.63, 3.8) is 0 Å². The first kappa shape index (κ1) is 28.0. The number of aryl methyl sites for hydroxylation is 1. The van der Waals surface area contributed by atoms with Gasteiger partial charge in [0.1, 0.15) is 17.5 Å². The summed E-state index contributed by atoms with van der Waals surface area (Å²) in [6.07, 6.45) is 5.42. The smallest absolute Gasteiger partial charge is 0.322 e. The van der Waals surface area contributed by atoms with E-state index in [1.165, 1.54) is 20.5 Å². The highest BCUT2D eigenvalue weighted by molar-refractivity contribution is 5.96. The second-order valence-electron chi connectivity index (χ2n) is 9.45. The molecule has 0 fully saturated rings. The molecule has 0 bridgehead atoms. The van der Waals surface area contributed by atoms with Gasteiger partial charge in [-0.05, 0) is 31.9 Å². The SMILES string of the molecule is COC(=O)CC[C@H](NCCCCCCn1cnc2[nH]c(NC(=O)C(C)(C)C)cc2c1=O)C(=O)OC. The molecule has 0 saturated heterocycles. The van der Waals surface area contributed by atoms with Crippen molar-refractivity contribution in [2.75, 3.05) is 26.1 Å². The minimum atomic E-state index is -0.552. The number of carbonyl (C=O) groups is 3. The molecule has 0 radical (unpaired) electrons. The Morgan fingerprint density at radius 1 is 1.11 bits per heavy atom. The molecule has 11 nitrogen and oxygen atoms in total. The van der Waals surface area contributed by atoms with Crippen LogP contribution in [0.4, 0.5) is 5.82 Å². The molecule has 2 rings (SSSR count). The van der Waals surface area contributed by atoms with Gasteiger partial charge in [-0.2, -0.15) is 0 Å². The Bertz CT molecular complexity index is 1070. The molecule has 2 aromatic rings. The molecule has 194 valence electrons. The van der Waals surface area contributed by atoms with Crippen molar-refractivity contribution in [2.45, 2.75) is 71.9 Å². The molecule has 2 heterocycles. The molecule has 0 aliphatic carbocycles. The van der Waals surface area contributed by atoms with Crippen LogP contribution in [0, 0.1) is 5.41 Å². The second-order valence-corrected chi connectivity index (χ2v) is 9.45. The van der Waals surface area contributed by atoms with Crippen LogP contribution in [-0.4, -0.2) is 59.2 Å². The van der Waals surface area contributed by atoms with E-state index in [9.17, 15) is 19.2 Å². The van der Waals surface area contributed by atoms with E-state index in [-0.39, 0.29) is 23.9 Å². The number of H-pyrrole nitrogens is 1. The average molecular weight is 492 g/mol. The molecule has 11 heteroatoms. The van der Waals surface area contributed by atoms with Gasteiger partial charge in [0.05, 0.1) is 25.9 Å². The molecule has 3 N–H and O–H groups in total. The summed E-state index contributed by atoms with van der Waals surface area (Å²) in [5.74, 6) is -0.469. The van der Waals surface area contributed by atoms with Crippen molar-refractivity contribution in [2.24, 2.45) is 5.41 Å². The van der Waals surface area contributed by atoms with Crippen LogP contribution >= 0.6 is 0 Å². The summed E-state index contributed by atoms with van der Waals surface area (Å²) < 4.78 is 11.0. The van der Waals surface area contributed by atoms with Crippen LogP contribution in [0.3, 0.4) is 0 Å². The number of unbranched alkanes of at least 4 members (excludes halogenated alkanes) is 3. The Kier molecular flexibility index (Phi) is 10.4. The van der Waals surface area contributed by atoms with Gasteiger partial charge in [0.2, 0.25) is 5.91 Å². The maximum atomic E-state index is 12.8. The molecule has 0 aliphatic heterocycles. The highest BCUT2D eigenvalue weighted by Crippen LogP contribution is 2.19. The summed E-state index contributed by atoms with van der Waals surface area (Å²) in [7, 11) is 2.63. The topological polar surface area (TPSA) is 144 Å². The lowest BCUT2D eigenvalue weighted by Crippen LogP contribution is -2.38. The monoisotopic (exact) mass is 491 g/mol. The van der Waals surface area contributed by atoms with Gasteiger partial charge in [0.25, 0.3) is 5.56 Å². The van der Waals surface area contributed by atoms with Gasteiger partial charge in [0, 0.05) is 18.4 Å². The number of hydrogen-bond donors (Lipinski definition) is 3. The first-order valence-electron chi connectivity index (χ1n) is 11.8. The standard InChI is InChI=1S/C24H37N5O6/c1-24(2,3)23(33)28-18-14-16-20(27-18)26-15-29(21(16)31)13-9-7-6-8-12-25-17(22(32)35-5)10-11-19(30)34-4/h14-15,17,25,27H,6-13H2,1-5H3,(H,28,33)/t17-/m0/s1. The van der Waals surface area contributed by atoms with E-state index in [1.807, 2.05) is 20.8 Å². The molecule has 0 unspecified atom stereocenters. The normalized spacial score (nSPS) is 12.4. The van der Waals surface area contributed by atoms with Crippen molar-refractivity contribution in [1.29, 1.82) is 0 Å². The zero-order valence-corrected chi connectivity index (χ0v) is 21.2. The van der Waals surface area contributed by atoms with Crippen LogP contribution in [-0.2, 0) is 30.4 Å². The van der Waals surface area contributed by atoms with Gasteiger partial charge in [-0.1, -0.05) is 33.6 Å². The number of ether oxygens (including phenoxy) is 2. The predicted molar refractivity (Wildman–Crippen MR) is 132 cm³/mol. The lowest BCUT2D eigenvalue weighted by atomic mass is 9.96. The molecule has 0 aliphatic rings. The number of aromatic nitrogens is 3. The summed E-state index contributed by atoms with van der Waals surface area (Å²) >= 11 is 0. The van der Waals surface area contributed by atoms with E-state index in [2.05, 4.69) is 25.3 Å². The number of fused-ring (bicyclic) bond motifs is 1. The summed E-state index contributed by atoms with van der Waals surface area (Å²) in [6.45, 7) is 6.59. The summed E-state index contributed by atoms with van der Waals surface area (Å²) in [5.41, 5.74) is -0.270. The third kappa shape index (κ3) is 8.50. The quantitative estimate of drug-likeness (QED) is 0.286. The van der Waals surface area contributed by atoms with E-state index >= 15 is 0 Å². The number of amides is 1. The summed E-state index contributed by atoms with van der Waals surface area (Å²) in [5, 5.41) is 6.35. The molecular formula is C24H37N5O6. The number of esters is 2. The first-order chi connectivity index (χ1) is 16.6. The van der Waals surface area contributed by atoms with Gasteiger partial charge >= 0.3 is 11.9 Å². The Hall–Kier alpha value is -3.21. The van der Waals surface area contributed by atoms with E-state index in [0.29, 0.717) is 36.4 Å². The molecule has 2 aromatic heterocycles. The van der Waals surface area contributed by atoms with Gasteiger partial charge < -0.3 is 25.1 Å². The van der Waals surface area contributed by atoms with Crippen molar-refractivity contribution < 1.29 is 23.9 Å². The van der Waals surface area contributed by atoms with Crippen LogP contribution in [0.15, 0.2) is 17.2 Å². The van der Waals surface area contributed by atoms with Gasteiger partial charge in [-0.3, -0.25) is 23.7 Å². The Balaban J connectivity index is 1.79. The van der Waals surface area contributed by atoms with Crippen molar-refractivity contribution in [3.05, 3.63) is 22.7 Å². The van der Waals surface area contributed by atoms with E-state index < -0.39 is 17.4 Å². The first-order valence-corrected chi connectivity index (χ1v) is 11.8. The van der Waals surface area contributed by atoms with Crippen LogP contribution in [0.2, 0.25) is 0 Å². The van der Waals surface area contributed by atoms with Gasteiger partial charge in [-0.25, -0.2) is 4.98 Å². The van der Waals surface area contributed by atoms with Crippen molar-refractivity contribution in [1.82, 2.24) is 19.9 Å². The fourth-order valence-electron chi connectivity index (χ4n) is 3.43. The largest absolute Gasteiger partial charge is 0.469 e. The molecule has 1 amide bonds. The van der Waals surface area contributed by atoms with E-state index in [1.54, 1.807) is 10.6 Å². The lowest BCUT2D eigenvalue weighted by Gasteiger charge is -2.16. The highest BCUT2D eigenvalue weighted by Gasteiger charge is 2.22. The Labute approximate surface area is 205 Å². The zero-order chi connectivity index (χ0) is 26.0. The maximum Gasteiger partial charge on any atom is 0.322 e. The fourth-order valence-corrected chi connectivity index (χ4v) is 3.43. The van der Waals surface area contributed by atoms with E-state index in [0.717, 1.165) is 25.7 Å². The number of hydrogen-bond acceptors (Lipinski definition) is 8. The third-order valence-electron chi connectivity index (χ3n) is 5.61. The lowest BCUT2D eigenvalue weighted by molar-refractivity contribution is -0.144. The van der Waals surface area contributed by atoms with Crippen LogP contribution in [0.25, 0.3) is 11.0 Å². The zero-order valence-electron chi connectivity index (χ0n) is 21.2. The average Bonchev–Trinajstić information content (AvgIpc) is 3.23. The van der Waals surface area contributed by atoms with Crippen molar-refractivity contribution >= 4 is 34.7 Å². The number of rotatable bonds is 13. The number of carbonyl (C=O) groups excluding carboxylic acids is 3. The third-order valence-corrected chi connectivity index (χ3v) is 5.61. The number of aromatic amines is 1. The Morgan fingerprint density at radius 3 is 2.49 bits per heavy atom.